The molecule has 0 radical (unpaired) electrons. The second kappa shape index (κ2) is 10.9. The Bertz CT molecular complexity index is 928. The molecule has 0 saturated carbocycles. The van der Waals surface area contributed by atoms with Gasteiger partial charge < -0.3 is 14.8 Å². The largest absolute Gasteiger partial charge is 0.490 e. The number of rotatable bonds is 8. The molecule has 0 aliphatic rings. The van der Waals surface area contributed by atoms with E-state index in [-0.39, 0.29) is 0 Å². The molecule has 8 heteroatoms. The third-order valence-corrected chi connectivity index (χ3v) is 3.88. The highest BCUT2D eigenvalue weighted by atomic mass is 35.5. The molecule has 7 nitrogen and oxygen atoms in total. The van der Waals surface area contributed by atoms with Crippen LogP contribution in [-0.2, 0) is 9.59 Å². The number of benzene rings is 2. The van der Waals surface area contributed by atoms with Crippen molar-refractivity contribution in [2.45, 2.75) is 13.8 Å². The minimum Gasteiger partial charge on any atom is -0.490 e. The number of ether oxygens (including phenoxy) is 2. The Kier molecular flexibility index (Phi) is 8.24. The molecule has 2 amide bonds. The van der Waals surface area contributed by atoms with Crippen LogP contribution in [0.15, 0.2) is 54.2 Å². The van der Waals surface area contributed by atoms with Crippen LogP contribution in [0, 0.1) is 6.92 Å². The maximum Gasteiger partial charge on any atom is 0.329 e. The average Bonchev–Trinajstić information content (AvgIpc) is 2.69. The van der Waals surface area contributed by atoms with Crippen LogP contribution in [0.1, 0.15) is 18.1 Å². The summed E-state index contributed by atoms with van der Waals surface area (Å²) in [7, 11) is 0. The number of halogens is 1. The fourth-order valence-electron chi connectivity index (χ4n) is 2.30. The summed E-state index contributed by atoms with van der Waals surface area (Å²) < 4.78 is 11.1. The first-order valence-corrected chi connectivity index (χ1v) is 9.23. The molecule has 0 unspecified atom stereocenters. The van der Waals surface area contributed by atoms with Gasteiger partial charge in [-0.25, -0.2) is 5.43 Å². The van der Waals surface area contributed by atoms with Gasteiger partial charge in [-0.05, 0) is 61.4 Å². The summed E-state index contributed by atoms with van der Waals surface area (Å²) in [4.78, 5) is 23.9. The Morgan fingerprint density at radius 1 is 1.14 bits per heavy atom. The SMILES string of the molecule is C=CCOc1ccc(C=NNC(=O)C(=O)Nc2ccc(Cl)cc2C)cc1OCC. The van der Waals surface area contributed by atoms with E-state index in [1.165, 1.54) is 6.21 Å². The van der Waals surface area contributed by atoms with Gasteiger partial charge >= 0.3 is 11.8 Å². The molecule has 0 heterocycles. The summed E-state index contributed by atoms with van der Waals surface area (Å²) in [5.74, 6) is -0.617. The Balaban J connectivity index is 1.98. The van der Waals surface area contributed by atoms with E-state index >= 15 is 0 Å². The quantitative estimate of drug-likeness (QED) is 0.298. The topological polar surface area (TPSA) is 89.0 Å². The van der Waals surface area contributed by atoms with E-state index in [2.05, 4.69) is 22.4 Å². The number of aryl methyl sites for hydroxylation is 1. The van der Waals surface area contributed by atoms with Crippen molar-refractivity contribution in [2.75, 3.05) is 18.5 Å². The second-order valence-corrected chi connectivity index (χ2v) is 6.29. The van der Waals surface area contributed by atoms with Gasteiger partial charge in [-0.2, -0.15) is 5.10 Å². The number of hydrogen-bond donors (Lipinski definition) is 2. The molecule has 0 fully saturated rings. The predicted octanol–water partition coefficient (Wildman–Crippen LogP) is 3.70. The molecule has 152 valence electrons. The molecule has 0 aliphatic carbocycles. The normalized spacial score (nSPS) is 10.4. The highest BCUT2D eigenvalue weighted by Gasteiger charge is 2.14. The molecule has 2 rings (SSSR count). The first-order valence-electron chi connectivity index (χ1n) is 8.85. The van der Waals surface area contributed by atoms with Gasteiger partial charge in [-0.1, -0.05) is 24.3 Å². The Morgan fingerprint density at radius 3 is 2.62 bits per heavy atom. The first kappa shape index (κ1) is 22.0. The molecule has 2 aromatic carbocycles. The number of carbonyl (C=O) groups is 2. The molecule has 0 atom stereocenters. The monoisotopic (exact) mass is 415 g/mol. The zero-order valence-electron chi connectivity index (χ0n) is 16.2. The number of nitrogens with zero attached hydrogens (tertiary/aromatic N) is 1. The van der Waals surface area contributed by atoms with Crippen molar-refractivity contribution in [3.8, 4) is 11.5 Å². The molecular formula is C21H22ClN3O4. The molecule has 0 aromatic heterocycles. The molecular weight excluding hydrogens is 394 g/mol. The summed E-state index contributed by atoms with van der Waals surface area (Å²) in [6.07, 6.45) is 3.04. The summed E-state index contributed by atoms with van der Waals surface area (Å²) in [5.41, 5.74) is 4.09. The van der Waals surface area contributed by atoms with Gasteiger partial charge in [0.1, 0.15) is 6.61 Å². The van der Waals surface area contributed by atoms with E-state index < -0.39 is 11.8 Å². The third kappa shape index (κ3) is 6.65. The lowest BCUT2D eigenvalue weighted by molar-refractivity contribution is -0.136. The summed E-state index contributed by atoms with van der Waals surface area (Å²) in [5, 5.41) is 6.87. The Hall–Kier alpha value is -3.32. The number of nitrogens with one attached hydrogen (secondary N) is 2. The van der Waals surface area contributed by atoms with Gasteiger partial charge in [0.15, 0.2) is 11.5 Å². The molecule has 2 aromatic rings. The van der Waals surface area contributed by atoms with E-state index in [9.17, 15) is 9.59 Å². The van der Waals surface area contributed by atoms with Crippen molar-refractivity contribution in [3.05, 3.63) is 65.2 Å². The van der Waals surface area contributed by atoms with Gasteiger partial charge in [0.2, 0.25) is 0 Å². The zero-order chi connectivity index (χ0) is 21.2. The molecule has 0 saturated heterocycles. The molecule has 29 heavy (non-hydrogen) atoms. The molecule has 0 spiro atoms. The maximum atomic E-state index is 12.0. The van der Waals surface area contributed by atoms with Crippen LogP contribution in [0.2, 0.25) is 5.02 Å². The van der Waals surface area contributed by atoms with Gasteiger partial charge in [0.25, 0.3) is 0 Å². The van der Waals surface area contributed by atoms with E-state index in [1.807, 2.05) is 6.92 Å². The van der Waals surface area contributed by atoms with Crippen LogP contribution in [0.4, 0.5) is 5.69 Å². The number of anilines is 1. The zero-order valence-corrected chi connectivity index (χ0v) is 17.0. The summed E-state index contributed by atoms with van der Waals surface area (Å²) >= 11 is 5.88. The van der Waals surface area contributed by atoms with Gasteiger partial charge in [0, 0.05) is 10.7 Å². The number of hydrazone groups is 1. The fourth-order valence-corrected chi connectivity index (χ4v) is 2.53. The van der Waals surface area contributed by atoms with Crippen molar-refractivity contribution in [3.63, 3.8) is 0 Å². The van der Waals surface area contributed by atoms with Crippen LogP contribution >= 0.6 is 11.6 Å². The third-order valence-electron chi connectivity index (χ3n) is 3.65. The lowest BCUT2D eigenvalue weighted by Crippen LogP contribution is -2.32. The van der Waals surface area contributed by atoms with Crippen LogP contribution < -0.4 is 20.2 Å². The second-order valence-electron chi connectivity index (χ2n) is 5.85. The molecule has 2 N–H and O–H groups in total. The summed E-state index contributed by atoms with van der Waals surface area (Å²) in [6, 6.07) is 10.1. The molecule has 0 bridgehead atoms. The Morgan fingerprint density at radius 2 is 1.93 bits per heavy atom. The summed E-state index contributed by atoms with van der Waals surface area (Å²) in [6.45, 7) is 8.06. The predicted molar refractivity (Wildman–Crippen MR) is 114 cm³/mol. The van der Waals surface area contributed by atoms with E-state index in [0.717, 1.165) is 5.56 Å². The smallest absolute Gasteiger partial charge is 0.329 e. The van der Waals surface area contributed by atoms with Gasteiger partial charge in [-0.3, -0.25) is 9.59 Å². The van der Waals surface area contributed by atoms with Crippen LogP contribution in [0.25, 0.3) is 0 Å². The first-order chi connectivity index (χ1) is 13.9. The Labute approximate surface area is 174 Å². The maximum absolute atomic E-state index is 12.0. The lowest BCUT2D eigenvalue weighted by atomic mass is 10.2. The lowest BCUT2D eigenvalue weighted by Gasteiger charge is -2.11. The van der Waals surface area contributed by atoms with Crippen LogP contribution in [0.5, 0.6) is 11.5 Å². The van der Waals surface area contributed by atoms with Crippen LogP contribution in [-0.4, -0.2) is 31.2 Å². The highest BCUT2D eigenvalue weighted by Crippen LogP contribution is 2.28. The minimum atomic E-state index is -0.897. The number of amides is 2. The minimum absolute atomic E-state index is 0.353. The van der Waals surface area contributed by atoms with Gasteiger partial charge in [-0.15, -0.1) is 0 Å². The highest BCUT2D eigenvalue weighted by molar-refractivity contribution is 6.39. The molecule has 0 aliphatic heterocycles. The standard InChI is InChI=1S/C21H22ClN3O4/c1-4-10-29-18-9-6-15(12-19(18)28-5-2)13-23-25-21(27)20(26)24-17-8-7-16(22)11-14(17)3/h4,6-9,11-13H,1,5,10H2,2-3H3,(H,24,26)(H,25,27). The van der Waals surface area contributed by atoms with E-state index in [1.54, 1.807) is 49.4 Å². The van der Waals surface area contributed by atoms with Crippen molar-refractivity contribution in [1.29, 1.82) is 0 Å². The van der Waals surface area contributed by atoms with Crippen molar-refractivity contribution >= 4 is 35.3 Å². The van der Waals surface area contributed by atoms with Crippen LogP contribution in [0.3, 0.4) is 0 Å². The van der Waals surface area contributed by atoms with Gasteiger partial charge in [0.05, 0.1) is 12.8 Å². The van der Waals surface area contributed by atoms with Crippen molar-refractivity contribution in [1.82, 2.24) is 5.43 Å². The number of hydrogen-bond acceptors (Lipinski definition) is 5. The fraction of sp³-hybridized carbons (Fsp3) is 0.190. The van der Waals surface area contributed by atoms with Crippen molar-refractivity contribution in [2.24, 2.45) is 5.10 Å². The average molecular weight is 416 g/mol. The van der Waals surface area contributed by atoms with E-state index in [0.29, 0.717) is 41.0 Å². The van der Waals surface area contributed by atoms with E-state index in [4.69, 9.17) is 21.1 Å². The van der Waals surface area contributed by atoms with Crippen molar-refractivity contribution < 1.29 is 19.1 Å². The number of carbonyl (C=O) groups excluding carboxylic acids is 2.